The Balaban J connectivity index is 2.47. The molecule has 3 atom stereocenters. The van der Waals surface area contributed by atoms with Crippen LogP contribution in [0.15, 0.2) is 0 Å². The summed E-state index contributed by atoms with van der Waals surface area (Å²) in [5.41, 5.74) is 0. The van der Waals surface area contributed by atoms with Crippen LogP contribution in [0.2, 0.25) is 0 Å². The standard InChI is InChI=1S/C13H27N3O2/c1-10(7-14-4)13(18)16-6-5-15(9-12(3)17)11(2)8-16/h10-12,14,17H,5-9H2,1-4H3. The predicted octanol–water partition coefficient (Wildman–Crippen LogP) is -0.245. The Hall–Kier alpha value is -0.650. The van der Waals surface area contributed by atoms with Crippen LogP contribution in [0, 0.1) is 5.92 Å². The molecule has 0 spiro atoms. The normalized spacial score (nSPS) is 24.9. The zero-order valence-corrected chi connectivity index (χ0v) is 12.0. The van der Waals surface area contributed by atoms with Crippen LogP contribution in [0.4, 0.5) is 0 Å². The summed E-state index contributed by atoms with van der Waals surface area (Å²) in [6, 6.07) is 0.319. The monoisotopic (exact) mass is 257 g/mol. The molecule has 18 heavy (non-hydrogen) atoms. The molecule has 1 saturated heterocycles. The third kappa shape index (κ3) is 4.23. The summed E-state index contributed by atoms with van der Waals surface area (Å²) in [4.78, 5) is 16.4. The highest BCUT2D eigenvalue weighted by atomic mass is 16.3. The van der Waals surface area contributed by atoms with Crippen LogP contribution in [-0.2, 0) is 4.79 Å². The van der Waals surface area contributed by atoms with Crippen LogP contribution in [-0.4, -0.2) is 72.7 Å². The fourth-order valence-corrected chi connectivity index (χ4v) is 2.51. The number of nitrogens with one attached hydrogen (secondary N) is 1. The van der Waals surface area contributed by atoms with E-state index >= 15 is 0 Å². The molecule has 3 unspecified atom stereocenters. The van der Waals surface area contributed by atoms with E-state index in [1.165, 1.54) is 0 Å². The van der Waals surface area contributed by atoms with Crippen molar-refractivity contribution < 1.29 is 9.90 Å². The van der Waals surface area contributed by atoms with Gasteiger partial charge in [-0.05, 0) is 20.9 Å². The molecule has 0 aliphatic carbocycles. The van der Waals surface area contributed by atoms with Crippen LogP contribution in [0.1, 0.15) is 20.8 Å². The quantitative estimate of drug-likeness (QED) is 0.713. The summed E-state index contributed by atoms with van der Waals surface area (Å²) in [6.45, 7) is 9.68. The molecule has 1 aliphatic rings. The Bertz CT molecular complexity index is 271. The molecular weight excluding hydrogens is 230 g/mol. The van der Waals surface area contributed by atoms with Crippen LogP contribution >= 0.6 is 0 Å². The molecule has 2 N–H and O–H groups in total. The third-order valence-corrected chi connectivity index (χ3v) is 3.51. The van der Waals surface area contributed by atoms with Crippen LogP contribution in [0.25, 0.3) is 0 Å². The number of piperazine rings is 1. The lowest BCUT2D eigenvalue weighted by molar-refractivity contribution is -0.138. The smallest absolute Gasteiger partial charge is 0.226 e. The molecule has 0 aromatic carbocycles. The van der Waals surface area contributed by atoms with Gasteiger partial charge in [0.15, 0.2) is 0 Å². The van der Waals surface area contributed by atoms with Crippen LogP contribution < -0.4 is 5.32 Å². The van der Waals surface area contributed by atoms with E-state index in [2.05, 4.69) is 17.1 Å². The molecule has 1 heterocycles. The molecule has 5 heteroatoms. The minimum Gasteiger partial charge on any atom is -0.392 e. The Labute approximate surface area is 110 Å². The van der Waals surface area contributed by atoms with E-state index in [1.807, 2.05) is 18.9 Å². The van der Waals surface area contributed by atoms with Gasteiger partial charge in [0, 0.05) is 44.7 Å². The summed E-state index contributed by atoms with van der Waals surface area (Å²) in [5, 5.41) is 12.5. The second-order valence-corrected chi connectivity index (χ2v) is 5.44. The molecule has 0 aromatic heterocycles. The van der Waals surface area contributed by atoms with Gasteiger partial charge in [-0.15, -0.1) is 0 Å². The number of carbonyl (C=O) groups is 1. The summed E-state index contributed by atoms with van der Waals surface area (Å²) >= 11 is 0. The summed E-state index contributed by atoms with van der Waals surface area (Å²) in [5.74, 6) is 0.262. The number of amides is 1. The predicted molar refractivity (Wildman–Crippen MR) is 72.4 cm³/mol. The van der Waals surface area contributed by atoms with Crippen molar-refractivity contribution in [3.63, 3.8) is 0 Å². The topological polar surface area (TPSA) is 55.8 Å². The van der Waals surface area contributed by atoms with Gasteiger partial charge in [0.1, 0.15) is 0 Å². The lowest BCUT2D eigenvalue weighted by atomic mass is 10.1. The first-order chi connectivity index (χ1) is 8.45. The van der Waals surface area contributed by atoms with Crippen LogP contribution in [0.5, 0.6) is 0 Å². The summed E-state index contributed by atoms with van der Waals surface area (Å²) in [7, 11) is 1.87. The van der Waals surface area contributed by atoms with E-state index in [0.29, 0.717) is 12.6 Å². The lowest BCUT2D eigenvalue weighted by Gasteiger charge is -2.41. The minimum atomic E-state index is -0.307. The van der Waals surface area contributed by atoms with Crippen molar-refractivity contribution >= 4 is 5.91 Å². The molecule has 1 aliphatic heterocycles. The Morgan fingerprint density at radius 2 is 2.11 bits per heavy atom. The van der Waals surface area contributed by atoms with Crippen LogP contribution in [0.3, 0.4) is 0 Å². The van der Waals surface area contributed by atoms with E-state index < -0.39 is 0 Å². The fourth-order valence-electron chi connectivity index (χ4n) is 2.51. The molecule has 0 bridgehead atoms. The maximum absolute atomic E-state index is 12.2. The second-order valence-electron chi connectivity index (χ2n) is 5.44. The number of nitrogens with zero attached hydrogens (tertiary/aromatic N) is 2. The van der Waals surface area contributed by atoms with E-state index in [0.717, 1.165) is 26.2 Å². The molecule has 1 fully saturated rings. The Morgan fingerprint density at radius 3 is 2.61 bits per heavy atom. The second kappa shape index (κ2) is 7.07. The van der Waals surface area contributed by atoms with Gasteiger partial charge in [-0.2, -0.15) is 0 Å². The van der Waals surface area contributed by atoms with Crippen molar-refractivity contribution in [2.45, 2.75) is 32.9 Å². The highest BCUT2D eigenvalue weighted by Gasteiger charge is 2.29. The molecule has 0 saturated carbocycles. The van der Waals surface area contributed by atoms with Gasteiger partial charge in [0.25, 0.3) is 0 Å². The van der Waals surface area contributed by atoms with Gasteiger partial charge >= 0.3 is 0 Å². The van der Waals surface area contributed by atoms with Crippen molar-refractivity contribution in [3.05, 3.63) is 0 Å². The molecule has 106 valence electrons. The summed E-state index contributed by atoms with van der Waals surface area (Å²) in [6.07, 6.45) is -0.307. The van der Waals surface area contributed by atoms with Gasteiger partial charge < -0.3 is 15.3 Å². The Morgan fingerprint density at radius 1 is 1.44 bits per heavy atom. The fraction of sp³-hybridized carbons (Fsp3) is 0.923. The third-order valence-electron chi connectivity index (χ3n) is 3.51. The number of hydrogen-bond donors (Lipinski definition) is 2. The van der Waals surface area contributed by atoms with Gasteiger partial charge in [0.2, 0.25) is 5.91 Å². The number of rotatable bonds is 5. The number of hydrogen-bond acceptors (Lipinski definition) is 4. The minimum absolute atomic E-state index is 0.0329. The van der Waals surface area contributed by atoms with Crippen molar-refractivity contribution in [2.24, 2.45) is 5.92 Å². The zero-order valence-electron chi connectivity index (χ0n) is 12.0. The van der Waals surface area contributed by atoms with Crippen molar-refractivity contribution in [1.29, 1.82) is 0 Å². The molecule has 0 radical (unpaired) electrons. The van der Waals surface area contributed by atoms with Gasteiger partial charge in [-0.3, -0.25) is 9.69 Å². The number of aliphatic hydroxyl groups excluding tert-OH is 1. The largest absolute Gasteiger partial charge is 0.392 e. The first-order valence-corrected chi connectivity index (χ1v) is 6.81. The first kappa shape index (κ1) is 15.4. The van der Waals surface area contributed by atoms with E-state index in [1.54, 1.807) is 6.92 Å². The van der Waals surface area contributed by atoms with Crippen molar-refractivity contribution in [1.82, 2.24) is 15.1 Å². The first-order valence-electron chi connectivity index (χ1n) is 6.81. The van der Waals surface area contributed by atoms with E-state index in [4.69, 9.17) is 0 Å². The lowest BCUT2D eigenvalue weighted by Crippen LogP contribution is -2.56. The highest BCUT2D eigenvalue weighted by Crippen LogP contribution is 2.12. The van der Waals surface area contributed by atoms with E-state index in [-0.39, 0.29) is 17.9 Å². The average molecular weight is 257 g/mol. The van der Waals surface area contributed by atoms with Gasteiger partial charge in [0.05, 0.1) is 6.10 Å². The number of β-amino-alcohol motifs (C(OH)–C–C–N with tert-alkyl or cyclic N) is 1. The molecule has 1 rings (SSSR count). The maximum Gasteiger partial charge on any atom is 0.226 e. The van der Waals surface area contributed by atoms with Gasteiger partial charge in [-0.1, -0.05) is 6.92 Å². The maximum atomic E-state index is 12.2. The summed E-state index contributed by atoms with van der Waals surface area (Å²) < 4.78 is 0. The Kier molecular flexibility index (Phi) is 6.05. The van der Waals surface area contributed by atoms with Crippen molar-refractivity contribution in [2.75, 3.05) is 39.8 Å². The SMILES string of the molecule is CNCC(C)C(=O)N1CCN(CC(C)O)C(C)C1. The van der Waals surface area contributed by atoms with Crippen molar-refractivity contribution in [3.8, 4) is 0 Å². The molecule has 1 amide bonds. The van der Waals surface area contributed by atoms with E-state index in [9.17, 15) is 9.90 Å². The van der Waals surface area contributed by atoms with Gasteiger partial charge in [-0.25, -0.2) is 0 Å². The number of carbonyl (C=O) groups excluding carboxylic acids is 1. The molecule has 5 nitrogen and oxygen atoms in total. The average Bonchev–Trinajstić information content (AvgIpc) is 2.30. The highest BCUT2D eigenvalue weighted by molar-refractivity contribution is 5.78. The number of aliphatic hydroxyl groups is 1. The molecular formula is C13H27N3O2. The zero-order chi connectivity index (χ0) is 13.7. The molecule has 0 aromatic rings.